The standard InChI is InChI=1S/C30H27F2N3O3/c1-35-28-21(16-33-35)12-19-3-2-4-20(26(19)27(28)32)15-30-8-7-18(14-30)11-24(30)29(38)34-23-10-17(5-6-25(36)37)9-22(31)13-23/h2-6,9-10,12-13,16,18,24H,7-8,11,14-15H2,1H3,(H,34,38)(H,36,37)/b6-5+/t18-,24?,30+/m0/s1. The van der Waals surface area contributed by atoms with Crippen molar-refractivity contribution in [2.24, 2.45) is 24.3 Å². The number of benzene rings is 3. The lowest BCUT2D eigenvalue weighted by atomic mass is 9.70. The van der Waals surface area contributed by atoms with Crippen molar-refractivity contribution in [2.75, 3.05) is 5.32 Å². The van der Waals surface area contributed by atoms with E-state index in [1.165, 1.54) is 18.2 Å². The highest BCUT2D eigenvalue weighted by Crippen LogP contribution is 2.59. The summed E-state index contributed by atoms with van der Waals surface area (Å²) in [5.74, 6) is -2.04. The van der Waals surface area contributed by atoms with E-state index in [0.717, 1.165) is 48.1 Å². The van der Waals surface area contributed by atoms with Crippen LogP contribution in [0.4, 0.5) is 14.5 Å². The van der Waals surface area contributed by atoms with Crippen molar-refractivity contribution in [3.8, 4) is 0 Å². The Hall–Kier alpha value is -4.07. The van der Waals surface area contributed by atoms with Crippen LogP contribution in [0.5, 0.6) is 0 Å². The fourth-order valence-electron chi connectivity index (χ4n) is 6.87. The van der Waals surface area contributed by atoms with E-state index in [1.54, 1.807) is 24.0 Å². The molecule has 8 heteroatoms. The molecule has 4 aromatic rings. The van der Waals surface area contributed by atoms with Crippen LogP contribution in [0.2, 0.25) is 0 Å². The summed E-state index contributed by atoms with van der Waals surface area (Å²) in [6.45, 7) is 0. The number of anilines is 1. The molecule has 38 heavy (non-hydrogen) atoms. The zero-order valence-corrected chi connectivity index (χ0v) is 20.9. The molecule has 1 amide bonds. The van der Waals surface area contributed by atoms with Gasteiger partial charge in [-0.05, 0) is 90.3 Å². The van der Waals surface area contributed by atoms with E-state index in [-0.39, 0.29) is 28.7 Å². The van der Waals surface area contributed by atoms with Gasteiger partial charge in [0.1, 0.15) is 11.3 Å². The lowest BCUT2D eigenvalue weighted by Gasteiger charge is -2.35. The van der Waals surface area contributed by atoms with Gasteiger partial charge in [-0.3, -0.25) is 9.48 Å². The summed E-state index contributed by atoms with van der Waals surface area (Å²) < 4.78 is 31.6. The Morgan fingerprint density at radius 3 is 2.84 bits per heavy atom. The number of aromatic nitrogens is 2. The quantitative estimate of drug-likeness (QED) is 0.305. The van der Waals surface area contributed by atoms with E-state index in [4.69, 9.17) is 5.11 Å². The Labute approximate surface area is 218 Å². The number of aryl methyl sites for hydroxylation is 1. The fourth-order valence-corrected chi connectivity index (χ4v) is 6.87. The maximum absolute atomic E-state index is 15.8. The van der Waals surface area contributed by atoms with E-state index in [1.807, 2.05) is 24.3 Å². The maximum atomic E-state index is 15.8. The molecule has 2 saturated carbocycles. The van der Waals surface area contributed by atoms with Crippen LogP contribution in [0, 0.1) is 28.9 Å². The van der Waals surface area contributed by atoms with E-state index < -0.39 is 11.8 Å². The second-order valence-corrected chi connectivity index (χ2v) is 10.8. The number of hydrogen-bond acceptors (Lipinski definition) is 3. The third kappa shape index (κ3) is 4.14. The Kier molecular flexibility index (Phi) is 5.78. The van der Waals surface area contributed by atoms with Gasteiger partial charge in [0.25, 0.3) is 0 Å². The summed E-state index contributed by atoms with van der Waals surface area (Å²) >= 11 is 0. The molecule has 6 rings (SSSR count). The molecule has 2 bridgehead atoms. The minimum Gasteiger partial charge on any atom is -0.478 e. The summed E-state index contributed by atoms with van der Waals surface area (Å²) in [7, 11) is 1.73. The van der Waals surface area contributed by atoms with Crippen molar-refractivity contribution >= 4 is 45.3 Å². The van der Waals surface area contributed by atoms with Gasteiger partial charge in [0.2, 0.25) is 5.91 Å². The fraction of sp³-hybridized carbons (Fsp3) is 0.300. The molecule has 1 heterocycles. The van der Waals surface area contributed by atoms with Gasteiger partial charge in [-0.2, -0.15) is 5.10 Å². The Morgan fingerprint density at radius 1 is 1.21 bits per heavy atom. The van der Waals surface area contributed by atoms with Crippen molar-refractivity contribution in [1.82, 2.24) is 9.78 Å². The van der Waals surface area contributed by atoms with Gasteiger partial charge in [-0.1, -0.05) is 18.2 Å². The lowest BCUT2D eigenvalue weighted by Crippen LogP contribution is -2.37. The van der Waals surface area contributed by atoms with E-state index in [2.05, 4.69) is 10.4 Å². The number of halogens is 2. The number of nitrogens with one attached hydrogen (secondary N) is 1. The molecule has 0 saturated heterocycles. The molecule has 2 aliphatic carbocycles. The highest BCUT2D eigenvalue weighted by atomic mass is 19.1. The first kappa shape index (κ1) is 24.3. The summed E-state index contributed by atoms with van der Waals surface area (Å²) in [6.07, 6.45) is 8.00. The number of hydrogen-bond donors (Lipinski definition) is 2. The average molecular weight is 516 g/mol. The van der Waals surface area contributed by atoms with Crippen LogP contribution in [0.1, 0.15) is 36.8 Å². The minimum absolute atomic E-state index is 0.180. The van der Waals surface area contributed by atoms with Gasteiger partial charge in [0.05, 0.1) is 6.20 Å². The number of fused-ring (bicyclic) bond motifs is 4. The van der Waals surface area contributed by atoms with Crippen molar-refractivity contribution in [3.05, 3.63) is 77.5 Å². The number of aliphatic carboxylic acids is 1. The predicted molar refractivity (Wildman–Crippen MR) is 141 cm³/mol. The molecule has 6 nitrogen and oxygen atoms in total. The van der Waals surface area contributed by atoms with Gasteiger partial charge in [0.15, 0.2) is 5.82 Å². The summed E-state index contributed by atoms with van der Waals surface area (Å²) in [4.78, 5) is 24.4. The topological polar surface area (TPSA) is 84.2 Å². The first-order valence-corrected chi connectivity index (χ1v) is 12.8. The molecule has 0 spiro atoms. The van der Waals surface area contributed by atoms with Crippen molar-refractivity contribution in [3.63, 3.8) is 0 Å². The molecular formula is C30H27F2N3O3. The SMILES string of the molecule is Cn1ncc2cc3cccc(C[C@]45CC[C@@H](CC4C(=O)Nc4cc(F)cc(/C=C/C(=O)O)c4)C5)c3c(F)c21. The smallest absolute Gasteiger partial charge is 0.328 e. The third-order valence-electron chi connectivity index (χ3n) is 8.41. The second kappa shape index (κ2) is 9.04. The molecule has 3 atom stereocenters. The van der Waals surface area contributed by atoms with E-state index in [0.29, 0.717) is 28.8 Å². The van der Waals surface area contributed by atoms with Gasteiger partial charge < -0.3 is 10.4 Å². The summed E-state index contributed by atoms with van der Waals surface area (Å²) in [5.41, 5.74) is 1.67. The number of carboxylic acids is 1. The summed E-state index contributed by atoms with van der Waals surface area (Å²) in [5, 5.41) is 18.1. The Bertz CT molecular complexity index is 1640. The van der Waals surface area contributed by atoms with Gasteiger partial charge >= 0.3 is 5.97 Å². The first-order chi connectivity index (χ1) is 18.2. The molecule has 194 valence electrons. The van der Waals surface area contributed by atoms with Crippen molar-refractivity contribution < 1.29 is 23.5 Å². The van der Waals surface area contributed by atoms with E-state index >= 15 is 4.39 Å². The van der Waals surface area contributed by atoms with Crippen LogP contribution in [-0.4, -0.2) is 26.8 Å². The largest absolute Gasteiger partial charge is 0.478 e. The molecule has 2 N–H and O–H groups in total. The van der Waals surface area contributed by atoms with Crippen LogP contribution < -0.4 is 5.32 Å². The van der Waals surface area contributed by atoms with Crippen LogP contribution in [0.25, 0.3) is 27.8 Å². The molecule has 2 aliphatic rings. The Morgan fingerprint density at radius 2 is 2.05 bits per heavy atom. The third-order valence-corrected chi connectivity index (χ3v) is 8.41. The molecular weight excluding hydrogens is 488 g/mol. The zero-order chi connectivity index (χ0) is 26.6. The lowest BCUT2D eigenvalue weighted by molar-refractivity contribution is -0.131. The number of carboxylic acid groups (broad SMARTS) is 1. The molecule has 1 unspecified atom stereocenters. The van der Waals surface area contributed by atoms with Crippen LogP contribution >= 0.6 is 0 Å². The highest BCUT2D eigenvalue weighted by Gasteiger charge is 2.54. The molecule has 2 fully saturated rings. The van der Waals surface area contributed by atoms with E-state index in [9.17, 15) is 14.0 Å². The van der Waals surface area contributed by atoms with Gasteiger partial charge in [-0.15, -0.1) is 0 Å². The molecule has 0 aliphatic heterocycles. The van der Waals surface area contributed by atoms with Crippen LogP contribution in [0.15, 0.2) is 54.7 Å². The summed E-state index contributed by atoms with van der Waals surface area (Å²) in [6, 6.07) is 11.8. The molecule has 3 aromatic carbocycles. The van der Waals surface area contributed by atoms with Crippen LogP contribution in [-0.2, 0) is 23.1 Å². The predicted octanol–water partition coefficient (Wildman–Crippen LogP) is 6.09. The number of carbonyl (C=O) groups is 2. The highest BCUT2D eigenvalue weighted by molar-refractivity contribution is 5.99. The molecule has 1 aromatic heterocycles. The Balaban J connectivity index is 1.32. The second-order valence-electron chi connectivity index (χ2n) is 10.8. The average Bonchev–Trinajstić information content (AvgIpc) is 3.55. The maximum Gasteiger partial charge on any atom is 0.328 e. The van der Waals surface area contributed by atoms with Gasteiger partial charge in [0, 0.05) is 35.5 Å². The van der Waals surface area contributed by atoms with Crippen molar-refractivity contribution in [1.29, 1.82) is 0 Å². The normalized spacial score (nSPS) is 22.6. The number of amides is 1. The zero-order valence-electron chi connectivity index (χ0n) is 20.9. The molecule has 0 radical (unpaired) electrons. The van der Waals surface area contributed by atoms with Gasteiger partial charge in [-0.25, -0.2) is 13.6 Å². The first-order valence-electron chi connectivity index (χ1n) is 12.8. The minimum atomic E-state index is -1.14. The van der Waals surface area contributed by atoms with Crippen molar-refractivity contribution in [2.45, 2.75) is 32.1 Å². The number of carbonyl (C=O) groups excluding carboxylic acids is 1. The van der Waals surface area contributed by atoms with Crippen LogP contribution in [0.3, 0.4) is 0 Å². The number of rotatable bonds is 6. The number of nitrogens with zero attached hydrogens (tertiary/aromatic N) is 2. The monoisotopic (exact) mass is 515 g/mol.